The lowest BCUT2D eigenvalue weighted by Gasteiger charge is -2.28. The summed E-state index contributed by atoms with van der Waals surface area (Å²) in [6, 6.07) is 7.36. The molecule has 0 aliphatic carbocycles. The number of thiophene rings is 1. The molecule has 0 saturated carbocycles. The summed E-state index contributed by atoms with van der Waals surface area (Å²) in [7, 11) is 1.47. The van der Waals surface area contributed by atoms with Gasteiger partial charge in [-0.3, -0.25) is 4.90 Å². The van der Waals surface area contributed by atoms with Gasteiger partial charge < -0.3 is 14.9 Å². The molecule has 4 rings (SSSR count). The number of phenols is 2. The predicted molar refractivity (Wildman–Crippen MR) is 99.5 cm³/mol. The van der Waals surface area contributed by atoms with Gasteiger partial charge in [-0.25, -0.2) is 9.97 Å². The van der Waals surface area contributed by atoms with Gasteiger partial charge in [0.2, 0.25) is 5.75 Å². The normalized spacial score (nSPS) is 14.2. The zero-order valence-electron chi connectivity index (χ0n) is 14.3. The van der Waals surface area contributed by atoms with E-state index in [4.69, 9.17) is 9.72 Å². The highest BCUT2D eigenvalue weighted by atomic mass is 32.1. The van der Waals surface area contributed by atoms with E-state index in [-0.39, 0.29) is 17.2 Å². The average Bonchev–Trinajstić information content (AvgIpc) is 3.19. The number of aromatic nitrogens is 2. The molecule has 0 radical (unpaired) electrons. The van der Waals surface area contributed by atoms with Crippen LogP contribution in [0.1, 0.15) is 16.8 Å². The van der Waals surface area contributed by atoms with Crippen molar-refractivity contribution in [2.45, 2.75) is 19.5 Å². The minimum atomic E-state index is -0.227. The Labute approximate surface area is 155 Å². The van der Waals surface area contributed by atoms with Crippen molar-refractivity contribution < 1.29 is 14.9 Å². The highest BCUT2D eigenvalue weighted by molar-refractivity contribution is 7.13. The summed E-state index contributed by atoms with van der Waals surface area (Å²) in [4.78, 5) is 12.6. The van der Waals surface area contributed by atoms with Crippen molar-refractivity contribution in [3.63, 3.8) is 0 Å². The number of ether oxygens (including phenoxy) is 1. The van der Waals surface area contributed by atoms with Crippen molar-refractivity contribution in [3.8, 4) is 28.0 Å². The quantitative estimate of drug-likeness (QED) is 0.688. The van der Waals surface area contributed by atoms with Gasteiger partial charge in [0.15, 0.2) is 17.3 Å². The molecule has 3 aromatic rings. The van der Waals surface area contributed by atoms with Gasteiger partial charge in [-0.2, -0.15) is 0 Å². The predicted octanol–water partition coefficient (Wildman–Crippen LogP) is 3.18. The van der Waals surface area contributed by atoms with Crippen molar-refractivity contribution in [2.75, 3.05) is 13.7 Å². The van der Waals surface area contributed by atoms with Gasteiger partial charge in [-0.1, -0.05) is 6.07 Å². The van der Waals surface area contributed by atoms with E-state index in [2.05, 4.69) is 9.88 Å². The molecule has 0 amide bonds. The molecule has 0 saturated heterocycles. The van der Waals surface area contributed by atoms with Crippen LogP contribution in [0.5, 0.6) is 17.2 Å². The fourth-order valence-electron chi connectivity index (χ4n) is 3.19. The largest absolute Gasteiger partial charge is 0.504 e. The lowest BCUT2D eigenvalue weighted by Crippen LogP contribution is -2.31. The Morgan fingerprint density at radius 2 is 2.19 bits per heavy atom. The Morgan fingerprint density at radius 1 is 1.31 bits per heavy atom. The van der Waals surface area contributed by atoms with E-state index >= 15 is 0 Å². The topological polar surface area (TPSA) is 78.7 Å². The molecule has 2 N–H and O–H groups in total. The van der Waals surface area contributed by atoms with E-state index in [9.17, 15) is 10.2 Å². The van der Waals surface area contributed by atoms with Gasteiger partial charge in [0.1, 0.15) is 0 Å². The second-order valence-corrected chi connectivity index (χ2v) is 7.22. The fraction of sp³-hybridized carbons (Fsp3) is 0.263. The van der Waals surface area contributed by atoms with Crippen LogP contribution in [0.2, 0.25) is 0 Å². The van der Waals surface area contributed by atoms with Gasteiger partial charge >= 0.3 is 0 Å². The maximum atomic E-state index is 9.85. The van der Waals surface area contributed by atoms with Crippen molar-refractivity contribution >= 4 is 11.3 Å². The maximum absolute atomic E-state index is 9.85. The van der Waals surface area contributed by atoms with Crippen LogP contribution in [0.3, 0.4) is 0 Å². The SMILES string of the molecule is COc1cc(CN2CCc3nc(-c4cccs4)ncc3C2)cc(O)c1O. The summed E-state index contributed by atoms with van der Waals surface area (Å²) >= 11 is 1.64. The first-order valence-corrected chi connectivity index (χ1v) is 9.22. The number of benzene rings is 1. The Bertz CT molecular complexity index is 928. The van der Waals surface area contributed by atoms with Crippen molar-refractivity contribution in [1.29, 1.82) is 0 Å². The van der Waals surface area contributed by atoms with E-state index in [1.165, 1.54) is 7.11 Å². The first-order chi connectivity index (χ1) is 12.6. The molecule has 0 spiro atoms. The van der Waals surface area contributed by atoms with E-state index < -0.39 is 0 Å². The van der Waals surface area contributed by atoms with Crippen LogP contribution < -0.4 is 4.74 Å². The monoisotopic (exact) mass is 369 g/mol. The van der Waals surface area contributed by atoms with Crippen molar-refractivity contribution in [1.82, 2.24) is 14.9 Å². The van der Waals surface area contributed by atoms with Gasteiger partial charge in [0, 0.05) is 37.8 Å². The number of phenolic OH excluding ortho intramolecular Hbond substituents is 2. The van der Waals surface area contributed by atoms with E-state index in [1.807, 2.05) is 23.7 Å². The number of rotatable bonds is 4. The molecule has 0 bridgehead atoms. The van der Waals surface area contributed by atoms with Crippen LogP contribution in [0.15, 0.2) is 35.8 Å². The van der Waals surface area contributed by atoms with E-state index in [0.29, 0.717) is 6.54 Å². The molecule has 6 nitrogen and oxygen atoms in total. The third-order valence-corrected chi connectivity index (χ3v) is 5.36. The summed E-state index contributed by atoms with van der Waals surface area (Å²) in [5.41, 5.74) is 3.12. The molecule has 2 aromatic heterocycles. The fourth-order valence-corrected chi connectivity index (χ4v) is 3.85. The molecular formula is C19H19N3O3S. The van der Waals surface area contributed by atoms with Gasteiger partial charge in [-0.05, 0) is 29.1 Å². The Kier molecular flexibility index (Phi) is 4.48. The highest BCUT2D eigenvalue weighted by Gasteiger charge is 2.20. The van der Waals surface area contributed by atoms with E-state index in [0.717, 1.165) is 47.0 Å². The summed E-state index contributed by atoms with van der Waals surface area (Å²) in [5, 5.41) is 21.6. The van der Waals surface area contributed by atoms with Crippen LogP contribution in [-0.4, -0.2) is 38.7 Å². The standard InChI is InChI=1S/C19H19N3O3S/c1-25-16-8-12(7-15(23)18(16)24)10-22-5-4-14-13(11-22)9-20-19(21-14)17-3-2-6-26-17/h2-3,6-9,23-24H,4-5,10-11H2,1H3. The van der Waals surface area contributed by atoms with Crippen molar-refractivity contribution in [2.24, 2.45) is 0 Å². The Morgan fingerprint density at radius 3 is 2.96 bits per heavy atom. The van der Waals surface area contributed by atoms with Gasteiger partial charge in [-0.15, -0.1) is 11.3 Å². The van der Waals surface area contributed by atoms with Crippen LogP contribution in [0, 0.1) is 0 Å². The number of nitrogens with zero attached hydrogens (tertiary/aromatic N) is 3. The number of hydrogen-bond acceptors (Lipinski definition) is 7. The van der Waals surface area contributed by atoms with E-state index in [1.54, 1.807) is 23.5 Å². The summed E-state index contributed by atoms with van der Waals surface area (Å²) in [6.07, 6.45) is 2.77. The molecule has 1 aliphatic heterocycles. The smallest absolute Gasteiger partial charge is 0.200 e. The molecule has 1 aromatic carbocycles. The number of fused-ring (bicyclic) bond motifs is 1. The second-order valence-electron chi connectivity index (χ2n) is 6.27. The first-order valence-electron chi connectivity index (χ1n) is 8.34. The number of hydrogen-bond donors (Lipinski definition) is 2. The molecule has 3 heterocycles. The molecule has 1 aliphatic rings. The average molecular weight is 369 g/mol. The summed E-state index contributed by atoms with van der Waals surface area (Å²) < 4.78 is 5.11. The Hall–Kier alpha value is -2.64. The van der Waals surface area contributed by atoms with Crippen LogP contribution in [-0.2, 0) is 19.5 Å². The Balaban J connectivity index is 1.51. The molecule has 7 heteroatoms. The lowest BCUT2D eigenvalue weighted by molar-refractivity contribution is 0.242. The maximum Gasteiger partial charge on any atom is 0.200 e. The number of methoxy groups -OCH3 is 1. The van der Waals surface area contributed by atoms with Crippen LogP contribution >= 0.6 is 11.3 Å². The third-order valence-electron chi connectivity index (χ3n) is 4.50. The molecule has 26 heavy (non-hydrogen) atoms. The second kappa shape index (κ2) is 6.93. The van der Waals surface area contributed by atoms with Crippen molar-refractivity contribution in [3.05, 3.63) is 52.7 Å². The molecule has 134 valence electrons. The minimum Gasteiger partial charge on any atom is -0.504 e. The third kappa shape index (κ3) is 3.23. The zero-order chi connectivity index (χ0) is 18.1. The van der Waals surface area contributed by atoms with Crippen LogP contribution in [0.25, 0.3) is 10.7 Å². The van der Waals surface area contributed by atoms with Gasteiger partial charge in [0.25, 0.3) is 0 Å². The molecule has 0 fully saturated rings. The highest BCUT2D eigenvalue weighted by Crippen LogP contribution is 2.37. The van der Waals surface area contributed by atoms with Gasteiger partial charge in [0.05, 0.1) is 17.7 Å². The molecule has 0 atom stereocenters. The van der Waals surface area contributed by atoms with Crippen LogP contribution in [0.4, 0.5) is 0 Å². The molecular weight excluding hydrogens is 350 g/mol. The summed E-state index contributed by atoms with van der Waals surface area (Å²) in [6.45, 7) is 2.28. The zero-order valence-corrected chi connectivity index (χ0v) is 15.2. The minimum absolute atomic E-state index is 0.166. The molecule has 0 unspecified atom stereocenters. The number of aromatic hydroxyl groups is 2. The summed E-state index contributed by atoms with van der Waals surface area (Å²) in [5.74, 6) is 0.678. The lowest BCUT2D eigenvalue weighted by atomic mass is 10.1. The first kappa shape index (κ1) is 16.8.